The number of hydrogen-bond acceptors (Lipinski definition) is 4. The molecule has 6 nitrogen and oxygen atoms in total. The summed E-state index contributed by atoms with van der Waals surface area (Å²) in [6.07, 6.45) is 3.38. The molecule has 1 saturated heterocycles. The molecule has 1 N–H and O–H groups in total. The molecule has 0 atom stereocenters. The van der Waals surface area contributed by atoms with Crippen LogP contribution in [0, 0.1) is 5.92 Å². The maximum Gasteiger partial charge on any atom is 0.329 e. The Morgan fingerprint density at radius 1 is 1.30 bits per heavy atom. The van der Waals surface area contributed by atoms with Crippen LogP contribution in [0.3, 0.4) is 0 Å². The second-order valence-corrected chi connectivity index (χ2v) is 5.68. The SMILES string of the molecule is CCOc1ccc(/C=N/NC(=O)C(=O)N2CCC(C)CC2)cc1. The monoisotopic (exact) mass is 317 g/mol. The van der Waals surface area contributed by atoms with Crippen molar-refractivity contribution in [3.05, 3.63) is 29.8 Å². The van der Waals surface area contributed by atoms with Crippen molar-refractivity contribution in [3.8, 4) is 5.75 Å². The van der Waals surface area contributed by atoms with Crippen LogP contribution in [-0.4, -0.2) is 42.6 Å². The van der Waals surface area contributed by atoms with Crippen molar-refractivity contribution in [1.29, 1.82) is 0 Å². The molecule has 2 rings (SSSR count). The fraction of sp³-hybridized carbons (Fsp3) is 0.471. The number of hydrazone groups is 1. The third-order valence-electron chi connectivity index (χ3n) is 3.84. The van der Waals surface area contributed by atoms with E-state index >= 15 is 0 Å². The lowest BCUT2D eigenvalue weighted by Crippen LogP contribution is -2.45. The topological polar surface area (TPSA) is 71.0 Å². The predicted octanol–water partition coefficient (Wildman–Crippen LogP) is 1.79. The number of carbonyl (C=O) groups is 2. The fourth-order valence-electron chi connectivity index (χ4n) is 2.39. The van der Waals surface area contributed by atoms with E-state index in [0.717, 1.165) is 24.2 Å². The first kappa shape index (κ1) is 17.0. The van der Waals surface area contributed by atoms with Crippen molar-refractivity contribution >= 4 is 18.0 Å². The number of benzene rings is 1. The Morgan fingerprint density at radius 2 is 1.96 bits per heavy atom. The van der Waals surface area contributed by atoms with Gasteiger partial charge in [-0.05, 0) is 55.5 Å². The number of likely N-dealkylation sites (tertiary alicyclic amines) is 1. The summed E-state index contributed by atoms with van der Waals surface area (Å²) in [5, 5.41) is 3.84. The highest BCUT2D eigenvalue weighted by atomic mass is 16.5. The van der Waals surface area contributed by atoms with Crippen molar-refractivity contribution in [2.75, 3.05) is 19.7 Å². The molecule has 2 amide bonds. The van der Waals surface area contributed by atoms with Gasteiger partial charge in [-0.1, -0.05) is 6.92 Å². The zero-order valence-electron chi connectivity index (χ0n) is 13.6. The molecule has 0 aliphatic carbocycles. The summed E-state index contributed by atoms with van der Waals surface area (Å²) in [6.45, 7) is 5.96. The van der Waals surface area contributed by atoms with Gasteiger partial charge in [0.05, 0.1) is 12.8 Å². The summed E-state index contributed by atoms with van der Waals surface area (Å²) < 4.78 is 5.35. The maximum absolute atomic E-state index is 12.0. The summed E-state index contributed by atoms with van der Waals surface area (Å²) in [7, 11) is 0. The van der Waals surface area contributed by atoms with E-state index in [2.05, 4.69) is 17.5 Å². The molecule has 1 aliphatic heterocycles. The first-order chi connectivity index (χ1) is 11.1. The van der Waals surface area contributed by atoms with E-state index in [1.54, 1.807) is 4.90 Å². The minimum absolute atomic E-state index is 0.513. The van der Waals surface area contributed by atoms with Gasteiger partial charge in [-0.25, -0.2) is 5.43 Å². The maximum atomic E-state index is 12.0. The highest BCUT2D eigenvalue weighted by molar-refractivity contribution is 6.35. The minimum Gasteiger partial charge on any atom is -0.494 e. The Labute approximate surface area is 136 Å². The Bertz CT molecular complexity index is 561. The van der Waals surface area contributed by atoms with Crippen LogP contribution in [0.5, 0.6) is 5.75 Å². The Morgan fingerprint density at radius 3 is 2.57 bits per heavy atom. The number of nitrogens with zero attached hydrogens (tertiary/aromatic N) is 2. The van der Waals surface area contributed by atoms with Crippen LogP contribution in [0.25, 0.3) is 0 Å². The van der Waals surface area contributed by atoms with Gasteiger partial charge in [-0.15, -0.1) is 0 Å². The number of carbonyl (C=O) groups excluding carboxylic acids is 2. The lowest BCUT2D eigenvalue weighted by Gasteiger charge is -2.29. The Balaban J connectivity index is 1.82. The van der Waals surface area contributed by atoms with Gasteiger partial charge in [0.15, 0.2) is 0 Å². The third kappa shape index (κ3) is 5.09. The van der Waals surface area contributed by atoms with Crippen LogP contribution in [0.1, 0.15) is 32.3 Å². The molecule has 0 unspecified atom stereocenters. The lowest BCUT2D eigenvalue weighted by atomic mass is 9.99. The zero-order chi connectivity index (χ0) is 16.7. The van der Waals surface area contributed by atoms with Crippen molar-refractivity contribution in [2.45, 2.75) is 26.7 Å². The molecule has 0 radical (unpaired) electrons. The van der Waals surface area contributed by atoms with Gasteiger partial charge in [-0.3, -0.25) is 9.59 Å². The largest absolute Gasteiger partial charge is 0.494 e. The second-order valence-electron chi connectivity index (χ2n) is 5.68. The number of ether oxygens (including phenoxy) is 1. The van der Waals surface area contributed by atoms with Crippen LogP contribution in [0.15, 0.2) is 29.4 Å². The van der Waals surface area contributed by atoms with Gasteiger partial charge in [0.2, 0.25) is 0 Å². The molecule has 1 aromatic carbocycles. The van der Waals surface area contributed by atoms with E-state index in [1.807, 2.05) is 31.2 Å². The van der Waals surface area contributed by atoms with E-state index in [-0.39, 0.29) is 0 Å². The number of hydrogen-bond donors (Lipinski definition) is 1. The highest BCUT2D eigenvalue weighted by Gasteiger charge is 2.25. The van der Waals surface area contributed by atoms with Crippen LogP contribution in [0.4, 0.5) is 0 Å². The quantitative estimate of drug-likeness (QED) is 0.523. The number of rotatable bonds is 4. The van der Waals surface area contributed by atoms with E-state index < -0.39 is 11.8 Å². The van der Waals surface area contributed by atoms with Crippen LogP contribution in [-0.2, 0) is 9.59 Å². The average molecular weight is 317 g/mol. The highest BCUT2D eigenvalue weighted by Crippen LogP contribution is 2.15. The molecule has 1 heterocycles. The van der Waals surface area contributed by atoms with E-state index in [9.17, 15) is 9.59 Å². The zero-order valence-corrected chi connectivity index (χ0v) is 13.6. The van der Waals surface area contributed by atoms with Crippen LogP contribution >= 0.6 is 0 Å². The molecule has 6 heteroatoms. The lowest BCUT2D eigenvalue weighted by molar-refractivity contribution is -0.146. The smallest absolute Gasteiger partial charge is 0.329 e. The molecule has 0 spiro atoms. The van der Waals surface area contributed by atoms with Gasteiger partial charge < -0.3 is 9.64 Å². The second kappa shape index (κ2) is 8.31. The first-order valence-electron chi connectivity index (χ1n) is 7.95. The fourth-order valence-corrected chi connectivity index (χ4v) is 2.39. The van der Waals surface area contributed by atoms with Gasteiger partial charge in [0.1, 0.15) is 5.75 Å². The molecule has 124 valence electrons. The van der Waals surface area contributed by atoms with Gasteiger partial charge in [-0.2, -0.15) is 5.10 Å². The Hall–Kier alpha value is -2.37. The van der Waals surface area contributed by atoms with Crippen molar-refractivity contribution < 1.29 is 14.3 Å². The van der Waals surface area contributed by atoms with Crippen molar-refractivity contribution in [2.24, 2.45) is 11.0 Å². The summed E-state index contributed by atoms with van der Waals surface area (Å²) in [6, 6.07) is 7.31. The average Bonchev–Trinajstić information content (AvgIpc) is 2.56. The van der Waals surface area contributed by atoms with Gasteiger partial charge >= 0.3 is 11.8 Å². The summed E-state index contributed by atoms with van der Waals surface area (Å²) in [5.41, 5.74) is 3.10. The third-order valence-corrected chi connectivity index (χ3v) is 3.84. The molecule has 0 bridgehead atoms. The van der Waals surface area contributed by atoms with Crippen LogP contribution in [0.2, 0.25) is 0 Å². The molecule has 23 heavy (non-hydrogen) atoms. The molecule has 1 aliphatic rings. The summed E-state index contributed by atoms with van der Waals surface area (Å²) >= 11 is 0. The minimum atomic E-state index is -0.693. The normalized spacial score (nSPS) is 15.7. The van der Waals surface area contributed by atoms with E-state index in [4.69, 9.17) is 4.74 Å². The number of amides is 2. The Kier molecular flexibility index (Phi) is 6.14. The molecule has 0 saturated carbocycles. The van der Waals surface area contributed by atoms with Crippen molar-refractivity contribution in [3.63, 3.8) is 0 Å². The summed E-state index contributed by atoms with van der Waals surface area (Å²) in [5.74, 6) is 0.186. The van der Waals surface area contributed by atoms with E-state index in [1.165, 1.54) is 6.21 Å². The number of nitrogens with one attached hydrogen (secondary N) is 1. The molecule has 1 fully saturated rings. The molecular formula is C17H23N3O3. The predicted molar refractivity (Wildman–Crippen MR) is 88.3 cm³/mol. The van der Waals surface area contributed by atoms with Gasteiger partial charge in [0.25, 0.3) is 0 Å². The standard InChI is InChI=1S/C17H23N3O3/c1-3-23-15-6-4-14(5-7-15)12-18-19-16(21)17(22)20-10-8-13(2)9-11-20/h4-7,12-13H,3,8-11H2,1-2H3,(H,19,21)/b18-12+. The first-order valence-corrected chi connectivity index (χ1v) is 7.95. The molecule has 1 aromatic rings. The molecular weight excluding hydrogens is 294 g/mol. The van der Waals surface area contributed by atoms with Crippen molar-refractivity contribution in [1.82, 2.24) is 10.3 Å². The van der Waals surface area contributed by atoms with E-state index in [0.29, 0.717) is 25.6 Å². The van der Waals surface area contributed by atoms with Crippen LogP contribution < -0.4 is 10.2 Å². The van der Waals surface area contributed by atoms with Gasteiger partial charge in [0, 0.05) is 13.1 Å². The molecule has 0 aromatic heterocycles. The summed E-state index contributed by atoms with van der Waals surface area (Å²) in [4.78, 5) is 25.4. The number of piperidine rings is 1.